The van der Waals surface area contributed by atoms with Gasteiger partial charge in [0, 0.05) is 0 Å². The number of hydrogen-bond donors (Lipinski definition) is 3. The van der Waals surface area contributed by atoms with Gasteiger partial charge in [0.15, 0.2) is 0 Å². The van der Waals surface area contributed by atoms with Gasteiger partial charge in [0.25, 0.3) is 0 Å². The van der Waals surface area contributed by atoms with Gasteiger partial charge in [-0.1, -0.05) is 89.7 Å². The molecule has 0 aliphatic carbocycles. The van der Waals surface area contributed by atoms with Crippen LogP contribution >= 0.6 is 0 Å². The lowest BCUT2D eigenvalue weighted by atomic mass is 10.0. The molecule has 1 aromatic carbocycles. The third-order valence-electron chi connectivity index (χ3n) is 5.10. The maximum Gasteiger partial charge on any atom is 0.321 e. The van der Waals surface area contributed by atoms with Gasteiger partial charge in [-0.05, 0) is 37.1 Å². The second-order valence-electron chi connectivity index (χ2n) is 7.60. The van der Waals surface area contributed by atoms with E-state index in [1.165, 1.54) is 64.2 Å². The van der Waals surface area contributed by atoms with E-state index >= 15 is 0 Å². The Kier molecular flexibility index (Phi) is 13.5. The summed E-state index contributed by atoms with van der Waals surface area (Å²) in [5.74, 6) is -0.614. The highest BCUT2D eigenvalue weighted by Crippen LogP contribution is 2.13. The Bertz CT molecular complexity index is 487. The molecule has 4 nitrogen and oxygen atoms in total. The van der Waals surface area contributed by atoms with Gasteiger partial charge in [-0.2, -0.15) is 0 Å². The van der Waals surface area contributed by atoms with Crippen molar-refractivity contribution in [1.82, 2.24) is 5.32 Å². The molecule has 0 saturated heterocycles. The number of aliphatic carboxylic acids is 1. The third-order valence-corrected chi connectivity index (χ3v) is 5.10. The molecule has 0 bridgehead atoms. The molecule has 1 rings (SSSR count). The van der Waals surface area contributed by atoms with Crippen LogP contribution in [0.15, 0.2) is 24.3 Å². The number of aromatic hydroxyl groups is 1. The molecular formula is C23H39NO3. The van der Waals surface area contributed by atoms with E-state index in [-0.39, 0.29) is 5.75 Å². The Morgan fingerprint density at radius 1 is 0.852 bits per heavy atom. The number of carboxylic acid groups (broad SMARTS) is 1. The molecule has 0 amide bonds. The predicted octanol–water partition coefficient (Wildman–Crippen LogP) is 5.68. The standard InChI is InChI=1S/C23H39NO3/c1-2-3-4-5-6-7-8-9-10-11-12-13-18-24-22(23(26)27)19-20-14-16-21(25)17-15-20/h14-17,22,24-25H,2-13,18-19H2,1H3,(H,26,27). The van der Waals surface area contributed by atoms with Crippen LogP contribution in [0.25, 0.3) is 0 Å². The van der Waals surface area contributed by atoms with Gasteiger partial charge in [0.1, 0.15) is 11.8 Å². The topological polar surface area (TPSA) is 69.6 Å². The van der Waals surface area contributed by atoms with E-state index in [2.05, 4.69) is 12.2 Å². The zero-order valence-electron chi connectivity index (χ0n) is 17.1. The van der Waals surface area contributed by atoms with E-state index in [0.29, 0.717) is 6.42 Å². The summed E-state index contributed by atoms with van der Waals surface area (Å²) in [6.07, 6.45) is 16.1. The van der Waals surface area contributed by atoms with Crippen molar-refractivity contribution in [2.24, 2.45) is 0 Å². The smallest absolute Gasteiger partial charge is 0.321 e. The molecule has 27 heavy (non-hydrogen) atoms. The highest BCUT2D eigenvalue weighted by Gasteiger charge is 2.16. The summed E-state index contributed by atoms with van der Waals surface area (Å²) in [5.41, 5.74) is 0.919. The molecule has 0 spiro atoms. The summed E-state index contributed by atoms with van der Waals surface area (Å²) in [6.45, 7) is 3.00. The van der Waals surface area contributed by atoms with Crippen molar-refractivity contribution in [3.63, 3.8) is 0 Å². The summed E-state index contributed by atoms with van der Waals surface area (Å²) < 4.78 is 0. The van der Waals surface area contributed by atoms with E-state index in [1.54, 1.807) is 24.3 Å². The first kappa shape index (κ1) is 23.5. The number of benzene rings is 1. The minimum atomic E-state index is -0.818. The Morgan fingerprint density at radius 2 is 1.33 bits per heavy atom. The maximum absolute atomic E-state index is 11.4. The summed E-state index contributed by atoms with van der Waals surface area (Å²) in [6, 6.07) is 6.18. The number of carbonyl (C=O) groups is 1. The van der Waals surface area contributed by atoms with Crippen molar-refractivity contribution in [2.45, 2.75) is 96.4 Å². The average molecular weight is 378 g/mol. The third kappa shape index (κ3) is 12.5. The Hall–Kier alpha value is -1.55. The molecule has 0 aliphatic heterocycles. The van der Waals surface area contributed by atoms with Crippen LogP contribution in [0, 0.1) is 0 Å². The zero-order chi connectivity index (χ0) is 19.7. The molecule has 0 fully saturated rings. The van der Waals surface area contributed by atoms with E-state index in [4.69, 9.17) is 0 Å². The summed E-state index contributed by atoms with van der Waals surface area (Å²) in [4.78, 5) is 11.4. The fourth-order valence-electron chi connectivity index (χ4n) is 3.36. The van der Waals surface area contributed by atoms with E-state index in [0.717, 1.165) is 24.9 Å². The Labute approximate surface area is 165 Å². The molecule has 3 N–H and O–H groups in total. The Morgan fingerprint density at radius 3 is 1.81 bits per heavy atom. The molecule has 0 heterocycles. The monoisotopic (exact) mass is 377 g/mol. The lowest BCUT2D eigenvalue weighted by Gasteiger charge is -2.14. The van der Waals surface area contributed by atoms with Gasteiger partial charge in [-0.25, -0.2) is 0 Å². The maximum atomic E-state index is 11.4. The summed E-state index contributed by atoms with van der Waals surface area (Å²) in [7, 11) is 0. The molecule has 0 radical (unpaired) electrons. The van der Waals surface area contributed by atoms with Crippen molar-refractivity contribution >= 4 is 5.97 Å². The molecule has 1 aromatic rings. The van der Waals surface area contributed by atoms with Gasteiger partial charge in [0.2, 0.25) is 0 Å². The number of carboxylic acids is 1. The van der Waals surface area contributed by atoms with Gasteiger partial charge < -0.3 is 15.5 Å². The fraction of sp³-hybridized carbons (Fsp3) is 0.696. The van der Waals surface area contributed by atoms with E-state index in [1.807, 2.05) is 0 Å². The lowest BCUT2D eigenvalue weighted by Crippen LogP contribution is -2.39. The van der Waals surface area contributed by atoms with Crippen LogP contribution in [0.3, 0.4) is 0 Å². The second-order valence-corrected chi connectivity index (χ2v) is 7.60. The van der Waals surface area contributed by atoms with E-state index in [9.17, 15) is 15.0 Å². The van der Waals surface area contributed by atoms with E-state index < -0.39 is 12.0 Å². The Balaban J connectivity index is 2.00. The number of phenolic OH excluding ortho intramolecular Hbond substituents is 1. The number of nitrogens with one attached hydrogen (secondary N) is 1. The number of rotatable bonds is 17. The number of hydrogen-bond acceptors (Lipinski definition) is 3. The average Bonchev–Trinajstić information content (AvgIpc) is 2.66. The van der Waals surface area contributed by atoms with Crippen LogP contribution in [-0.2, 0) is 11.2 Å². The molecule has 4 heteroatoms. The first-order valence-corrected chi connectivity index (χ1v) is 10.9. The number of unbranched alkanes of at least 4 members (excludes halogenated alkanes) is 11. The summed E-state index contributed by atoms with van der Waals surface area (Å²) in [5, 5.41) is 21.8. The van der Waals surface area contributed by atoms with Crippen LogP contribution < -0.4 is 5.32 Å². The summed E-state index contributed by atoms with van der Waals surface area (Å²) >= 11 is 0. The largest absolute Gasteiger partial charge is 0.508 e. The van der Waals surface area contributed by atoms with Gasteiger partial charge in [-0.15, -0.1) is 0 Å². The first-order valence-electron chi connectivity index (χ1n) is 10.9. The van der Waals surface area contributed by atoms with Crippen molar-refractivity contribution in [3.8, 4) is 5.75 Å². The second kappa shape index (κ2) is 15.5. The quantitative estimate of drug-likeness (QED) is 0.306. The van der Waals surface area contributed by atoms with Crippen LogP contribution in [0.1, 0.15) is 89.5 Å². The molecule has 0 aromatic heterocycles. The van der Waals surface area contributed by atoms with Crippen LogP contribution in [0.5, 0.6) is 5.75 Å². The van der Waals surface area contributed by atoms with Gasteiger partial charge in [-0.3, -0.25) is 4.79 Å². The van der Waals surface area contributed by atoms with Crippen molar-refractivity contribution in [2.75, 3.05) is 6.54 Å². The molecule has 1 atom stereocenters. The van der Waals surface area contributed by atoms with Gasteiger partial charge >= 0.3 is 5.97 Å². The lowest BCUT2D eigenvalue weighted by molar-refractivity contribution is -0.139. The zero-order valence-corrected chi connectivity index (χ0v) is 17.1. The molecule has 154 valence electrons. The van der Waals surface area contributed by atoms with Crippen molar-refractivity contribution in [1.29, 1.82) is 0 Å². The van der Waals surface area contributed by atoms with Crippen LogP contribution in [0.4, 0.5) is 0 Å². The van der Waals surface area contributed by atoms with Crippen LogP contribution in [0.2, 0.25) is 0 Å². The van der Waals surface area contributed by atoms with Crippen molar-refractivity contribution < 1.29 is 15.0 Å². The minimum absolute atomic E-state index is 0.204. The molecule has 0 aliphatic rings. The minimum Gasteiger partial charge on any atom is -0.508 e. The van der Waals surface area contributed by atoms with Crippen molar-refractivity contribution in [3.05, 3.63) is 29.8 Å². The highest BCUT2D eigenvalue weighted by molar-refractivity contribution is 5.73. The van der Waals surface area contributed by atoms with Crippen LogP contribution in [-0.4, -0.2) is 28.8 Å². The molecule has 0 saturated carbocycles. The SMILES string of the molecule is CCCCCCCCCCCCCCNC(Cc1ccc(O)cc1)C(=O)O. The molecular weight excluding hydrogens is 338 g/mol. The highest BCUT2D eigenvalue weighted by atomic mass is 16.4. The molecule has 1 unspecified atom stereocenters. The normalized spacial score (nSPS) is 12.2. The van der Waals surface area contributed by atoms with Gasteiger partial charge in [0.05, 0.1) is 0 Å². The predicted molar refractivity (Wildman–Crippen MR) is 112 cm³/mol. The first-order chi connectivity index (χ1) is 13.1. The fourth-order valence-corrected chi connectivity index (χ4v) is 3.36. The number of phenols is 1.